The fourth-order valence-electron chi connectivity index (χ4n) is 3.68. The van der Waals surface area contributed by atoms with Crippen molar-refractivity contribution in [2.45, 2.75) is 38.1 Å². The van der Waals surface area contributed by atoms with Crippen molar-refractivity contribution in [1.82, 2.24) is 15.3 Å². The van der Waals surface area contributed by atoms with Crippen LogP contribution in [0.1, 0.15) is 30.4 Å². The summed E-state index contributed by atoms with van der Waals surface area (Å²) in [6, 6.07) is 9.04. The highest BCUT2D eigenvalue weighted by atomic mass is 15.1. The van der Waals surface area contributed by atoms with Crippen LogP contribution in [-0.2, 0) is 12.8 Å². The number of aromatic nitrogens is 2. The van der Waals surface area contributed by atoms with E-state index in [0.29, 0.717) is 12.0 Å². The highest BCUT2D eigenvalue weighted by Gasteiger charge is 2.21. The topological polar surface area (TPSA) is 75.9 Å². The number of nitrogen functional groups attached to an aromatic ring is 1. The SMILES string of the molecule is Nc1nc(NCC2CCCN2)c2c(n1)-c1ccccc1CCC2. The molecule has 1 aromatic heterocycles. The zero-order valence-electron chi connectivity index (χ0n) is 13.3. The first-order valence-electron chi connectivity index (χ1n) is 8.53. The van der Waals surface area contributed by atoms with E-state index < -0.39 is 0 Å². The van der Waals surface area contributed by atoms with Gasteiger partial charge in [0.05, 0.1) is 5.69 Å². The van der Waals surface area contributed by atoms with Crippen LogP contribution in [0.5, 0.6) is 0 Å². The molecule has 1 fully saturated rings. The lowest BCUT2D eigenvalue weighted by molar-refractivity contribution is 0.632. The molecule has 0 bridgehead atoms. The summed E-state index contributed by atoms with van der Waals surface area (Å²) in [5, 5.41) is 7.03. The van der Waals surface area contributed by atoms with E-state index in [2.05, 4.69) is 44.9 Å². The number of hydrogen-bond acceptors (Lipinski definition) is 5. The predicted molar refractivity (Wildman–Crippen MR) is 93.4 cm³/mol. The van der Waals surface area contributed by atoms with Crippen molar-refractivity contribution in [2.75, 3.05) is 24.1 Å². The van der Waals surface area contributed by atoms with Crippen LogP contribution in [0.25, 0.3) is 11.3 Å². The summed E-state index contributed by atoms with van der Waals surface area (Å²) in [4.78, 5) is 9.06. The van der Waals surface area contributed by atoms with Gasteiger partial charge in [-0.3, -0.25) is 0 Å². The third-order valence-electron chi connectivity index (χ3n) is 4.85. The number of aryl methyl sites for hydroxylation is 1. The molecule has 2 aromatic rings. The Morgan fingerprint density at radius 1 is 1.17 bits per heavy atom. The van der Waals surface area contributed by atoms with Gasteiger partial charge >= 0.3 is 0 Å². The molecule has 2 heterocycles. The quantitative estimate of drug-likeness (QED) is 0.811. The van der Waals surface area contributed by atoms with Crippen molar-refractivity contribution in [2.24, 2.45) is 0 Å². The lowest BCUT2D eigenvalue weighted by Gasteiger charge is -2.17. The average molecular weight is 309 g/mol. The van der Waals surface area contributed by atoms with Crippen molar-refractivity contribution in [3.05, 3.63) is 35.4 Å². The number of nitrogens with two attached hydrogens (primary N) is 1. The molecule has 1 saturated heterocycles. The number of benzene rings is 1. The minimum absolute atomic E-state index is 0.349. The largest absolute Gasteiger partial charge is 0.368 e. The van der Waals surface area contributed by atoms with Crippen LogP contribution < -0.4 is 16.4 Å². The summed E-state index contributed by atoms with van der Waals surface area (Å²) in [6.45, 7) is 2.01. The molecule has 23 heavy (non-hydrogen) atoms. The Labute approximate surface area is 136 Å². The molecule has 1 unspecified atom stereocenters. The van der Waals surface area contributed by atoms with E-state index in [1.165, 1.54) is 29.5 Å². The van der Waals surface area contributed by atoms with Crippen molar-refractivity contribution in [3.8, 4) is 11.3 Å². The Bertz CT molecular complexity index is 707. The second-order valence-electron chi connectivity index (χ2n) is 6.44. The third-order valence-corrected chi connectivity index (χ3v) is 4.85. The van der Waals surface area contributed by atoms with Crippen LogP contribution in [0.3, 0.4) is 0 Å². The van der Waals surface area contributed by atoms with Crippen molar-refractivity contribution in [1.29, 1.82) is 0 Å². The van der Waals surface area contributed by atoms with Crippen LogP contribution in [-0.4, -0.2) is 29.1 Å². The number of rotatable bonds is 3. The highest BCUT2D eigenvalue weighted by molar-refractivity contribution is 5.73. The Kier molecular flexibility index (Phi) is 3.87. The van der Waals surface area contributed by atoms with Gasteiger partial charge in [0, 0.05) is 23.7 Å². The van der Waals surface area contributed by atoms with E-state index in [9.17, 15) is 0 Å². The molecule has 5 nitrogen and oxygen atoms in total. The maximum Gasteiger partial charge on any atom is 0.222 e. The molecule has 4 N–H and O–H groups in total. The first-order chi connectivity index (χ1) is 11.3. The molecular weight excluding hydrogens is 286 g/mol. The van der Waals surface area contributed by atoms with Crippen LogP contribution in [0.2, 0.25) is 0 Å². The second kappa shape index (κ2) is 6.16. The highest BCUT2D eigenvalue weighted by Crippen LogP contribution is 2.34. The predicted octanol–water partition coefficient (Wildman–Crippen LogP) is 2.38. The van der Waals surface area contributed by atoms with E-state index >= 15 is 0 Å². The Hall–Kier alpha value is -2.14. The summed E-state index contributed by atoms with van der Waals surface area (Å²) in [5.41, 5.74) is 10.8. The summed E-state index contributed by atoms with van der Waals surface area (Å²) in [5.74, 6) is 1.26. The molecular formula is C18H23N5. The maximum atomic E-state index is 6.00. The molecule has 1 aromatic carbocycles. The Balaban J connectivity index is 1.70. The molecule has 0 radical (unpaired) electrons. The van der Waals surface area contributed by atoms with Crippen molar-refractivity contribution < 1.29 is 0 Å². The van der Waals surface area contributed by atoms with Gasteiger partial charge in [-0.05, 0) is 44.2 Å². The zero-order chi connectivity index (χ0) is 15.6. The number of anilines is 2. The summed E-state index contributed by atoms with van der Waals surface area (Å²) < 4.78 is 0. The van der Waals surface area contributed by atoms with Gasteiger partial charge in [-0.1, -0.05) is 24.3 Å². The van der Waals surface area contributed by atoms with Gasteiger partial charge in [0.2, 0.25) is 5.95 Å². The maximum absolute atomic E-state index is 6.00. The van der Waals surface area contributed by atoms with Crippen LogP contribution in [0.4, 0.5) is 11.8 Å². The van der Waals surface area contributed by atoms with E-state index in [1.54, 1.807) is 0 Å². The zero-order valence-corrected chi connectivity index (χ0v) is 13.3. The molecule has 120 valence electrons. The molecule has 0 saturated carbocycles. The van der Waals surface area contributed by atoms with Crippen LogP contribution >= 0.6 is 0 Å². The molecule has 2 aliphatic rings. The van der Waals surface area contributed by atoms with Crippen molar-refractivity contribution in [3.63, 3.8) is 0 Å². The molecule has 4 rings (SSSR count). The van der Waals surface area contributed by atoms with Crippen LogP contribution in [0.15, 0.2) is 24.3 Å². The normalized spacial score (nSPS) is 19.7. The van der Waals surface area contributed by atoms with Crippen molar-refractivity contribution >= 4 is 11.8 Å². The standard InChI is InChI=1S/C18H23N5/c19-18-22-16-14-8-2-1-5-12(14)6-3-9-15(16)17(23-18)21-11-13-7-4-10-20-13/h1-2,5,8,13,20H,3-4,6-7,9-11H2,(H3,19,21,22,23). The minimum atomic E-state index is 0.349. The second-order valence-corrected chi connectivity index (χ2v) is 6.44. The third kappa shape index (κ3) is 2.88. The molecule has 0 amide bonds. The number of hydrogen-bond donors (Lipinski definition) is 3. The summed E-state index contributed by atoms with van der Waals surface area (Å²) in [6.07, 6.45) is 5.66. The summed E-state index contributed by atoms with van der Waals surface area (Å²) in [7, 11) is 0. The van der Waals surface area contributed by atoms with Gasteiger partial charge in [-0.15, -0.1) is 0 Å². The van der Waals surface area contributed by atoms with E-state index in [1.807, 2.05) is 0 Å². The summed E-state index contributed by atoms with van der Waals surface area (Å²) >= 11 is 0. The van der Waals surface area contributed by atoms with Gasteiger partial charge < -0.3 is 16.4 Å². The van der Waals surface area contributed by atoms with Gasteiger partial charge in [0.1, 0.15) is 5.82 Å². The van der Waals surface area contributed by atoms with Gasteiger partial charge in [-0.2, -0.15) is 4.98 Å². The lowest BCUT2D eigenvalue weighted by atomic mass is 10.0. The minimum Gasteiger partial charge on any atom is -0.368 e. The smallest absolute Gasteiger partial charge is 0.222 e. The fourth-order valence-corrected chi connectivity index (χ4v) is 3.68. The molecule has 1 aliphatic carbocycles. The first kappa shape index (κ1) is 14.5. The van der Waals surface area contributed by atoms with E-state index in [4.69, 9.17) is 5.73 Å². The van der Waals surface area contributed by atoms with E-state index in [-0.39, 0.29) is 0 Å². The number of nitrogens with zero attached hydrogens (tertiary/aromatic N) is 2. The average Bonchev–Trinajstić information content (AvgIpc) is 3.01. The van der Waals surface area contributed by atoms with E-state index in [0.717, 1.165) is 43.9 Å². The monoisotopic (exact) mass is 309 g/mol. The number of fused-ring (bicyclic) bond motifs is 3. The Morgan fingerprint density at radius 3 is 2.96 bits per heavy atom. The lowest BCUT2D eigenvalue weighted by Crippen LogP contribution is -2.30. The van der Waals surface area contributed by atoms with Crippen LogP contribution in [0, 0.1) is 0 Å². The molecule has 5 heteroatoms. The van der Waals surface area contributed by atoms with Gasteiger partial charge in [0.15, 0.2) is 0 Å². The van der Waals surface area contributed by atoms with Gasteiger partial charge in [-0.25, -0.2) is 4.98 Å². The Morgan fingerprint density at radius 2 is 2.09 bits per heavy atom. The molecule has 1 aliphatic heterocycles. The number of nitrogens with one attached hydrogen (secondary N) is 2. The van der Waals surface area contributed by atoms with Gasteiger partial charge in [0.25, 0.3) is 0 Å². The fraction of sp³-hybridized carbons (Fsp3) is 0.444. The molecule has 1 atom stereocenters. The first-order valence-corrected chi connectivity index (χ1v) is 8.53. The molecule has 0 spiro atoms.